The van der Waals surface area contributed by atoms with Gasteiger partial charge in [0.15, 0.2) is 6.10 Å². The quantitative estimate of drug-likeness (QED) is 0.527. The molecule has 2 N–H and O–H groups in total. The first-order chi connectivity index (χ1) is 14.1. The molecule has 5 amide bonds. The van der Waals surface area contributed by atoms with Gasteiger partial charge in [0, 0.05) is 13.0 Å². The lowest BCUT2D eigenvalue weighted by Gasteiger charge is -2.30. The van der Waals surface area contributed by atoms with Crippen LogP contribution in [-0.2, 0) is 23.9 Å². The molecule has 3 rings (SSSR count). The maximum Gasteiger partial charge on any atom is 0.325 e. The van der Waals surface area contributed by atoms with Crippen LogP contribution in [0, 0.1) is 0 Å². The Hall–Kier alpha value is -3.43. The normalized spacial score (nSPS) is 18.4. The van der Waals surface area contributed by atoms with Gasteiger partial charge in [0.1, 0.15) is 12.1 Å². The van der Waals surface area contributed by atoms with E-state index in [1.165, 1.54) is 11.8 Å². The van der Waals surface area contributed by atoms with E-state index < -0.39 is 29.6 Å². The number of ether oxygens (including phenoxy) is 1. The van der Waals surface area contributed by atoms with Crippen molar-refractivity contribution in [2.45, 2.75) is 45.3 Å². The van der Waals surface area contributed by atoms with Gasteiger partial charge < -0.3 is 15.4 Å². The van der Waals surface area contributed by atoms with E-state index in [4.69, 9.17) is 4.74 Å². The van der Waals surface area contributed by atoms with Gasteiger partial charge in [0.2, 0.25) is 5.91 Å². The molecule has 30 heavy (non-hydrogen) atoms. The van der Waals surface area contributed by atoms with Crippen molar-refractivity contribution in [2.24, 2.45) is 0 Å². The largest absolute Gasteiger partial charge is 0.453 e. The Morgan fingerprint density at radius 1 is 1.20 bits per heavy atom. The van der Waals surface area contributed by atoms with Crippen molar-refractivity contribution in [3.8, 4) is 0 Å². The molecule has 0 bridgehead atoms. The Labute approximate surface area is 173 Å². The van der Waals surface area contributed by atoms with E-state index in [0.29, 0.717) is 11.4 Å². The van der Waals surface area contributed by atoms with Crippen molar-refractivity contribution in [1.29, 1.82) is 0 Å². The summed E-state index contributed by atoms with van der Waals surface area (Å²) in [5.74, 6) is -1.83. The predicted octanol–water partition coefficient (Wildman–Crippen LogP) is 1.01. The molecule has 1 aromatic carbocycles. The molecule has 10 nitrogen and oxygen atoms in total. The summed E-state index contributed by atoms with van der Waals surface area (Å²) in [5, 5.41) is 5.25. The number of imide groups is 1. The van der Waals surface area contributed by atoms with Crippen molar-refractivity contribution in [3.63, 3.8) is 0 Å². The molecular formula is C20H24N4O6. The molecule has 2 aliphatic rings. The lowest BCUT2D eigenvalue weighted by molar-refractivity contribution is -0.154. The molecule has 2 heterocycles. The Bertz CT molecular complexity index is 912. The SMILES string of the molecule is C[C@@H](OC(=O)CCCN1C(=O)NC(C)(C)C1=O)C(=O)N1CC(=O)Nc2ccccc21. The molecule has 0 spiro atoms. The van der Waals surface area contributed by atoms with Gasteiger partial charge in [0.05, 0.1) is 11.4 Å². The number of fused-ring (bicyclic) bond motifs is 1. The third kappa shape index (κ3) is 4.27. The smallest absolute Gasteiger partial charge is 0.325 e. The lowest BCUT2D eigenvalue weighted by atomic mass is 10.1. The van der Waals surface area contributed by atoms with Crippen LogP contribution in [0.2, 0.25) is 0 Å². The summed E-state index contributed by atoms with van der Waals surface area (Å²) in [6.45, 7) is 4.56. The van der Waals surface area contributed by atoms with Gasteiger partial charge in [-0.15, -0.1) is 0 Å². The Morgan fingerprint density at radius 3 is 2.57 bits per heavy atom. The van der Waals surface area contributed by atoms with E-state index >= 15 is 0 Å². The summed E-state index contributed by atoms with van der Waals surface area (Å²) in [4.78, 5) is 63.1. The number of rotatable bonds is 6. The number of urea groups is 1. The molecule has 2 aliphatic heterocycles. The van der Waals surface area contributed by atoms with E-state index in [9.17, 15) is 24.0 Å². The Morgan fingerprint density at radius 2 is 1.90 bits per heavy atom. The molecule has 10 heteroatoms. The monoisotopic (exact) mass is 416 g/mol. The third-order valence-electron chi connectivity index (χ3n) is 4.90. The van der Waals surface area contributed by atoms with Crippen LogP contribution in [0.15, 0.2) is 24.3 Å². The van der Waals surface area contributed by atoms with Crippen LogP contribution in [0.5, 0.6) is 0 Å². The molecule has 0 aliphatic carbocycles. The van der Waals surface area contributed by atoms with Gasteiger partial charge in [-0.3, -0.25) is 29.0 Å². The van der Waals surface area contributed by atoms with E-state index in [2.05, 4.69) is 10.6 Å². The summed E-state index contributed by atoms with van der Waals surface area (Å²) in [6.07, 6.45) is -0.942. The first kappa shape index (κ1) is 21.3. The molecule has 160 valence electrons. The molecule has 1 saturated heterocycles. The molecule has 1 atom stereocenters. The highest BCUT2D eigenvalue weighted by molar-refractivity contribution is 6.11. The van der Waals surface area contributed by atoms with E-state index in [-0.39, 0.29) is 37.7 Å². The fourth-order valence-corrected chi connectivity index (χ4v) is 3.36. The van der Waals surface area contributed by atoms with Crippen LogP contribution in [0.25, 0.3) is 0 Å². The molecule has 0 unspecified atom stereocenters. The van der Waals surface area contributed by atoms with Gasteiger partial charge in [-0.1, -0.05) is 12.1 Å². The number of carbonyl (C=O) groups is 5. The fourth-order valence-electron chi connectivity index (χ4n) is 3.36. The second-order valence-corrected chi connectivity index (χ2v) is 7.74. The maximum absolute atomic E-state index is 12.7. The zero-order valence-corrected chi connectivity index (χ0v) is 17.1. The summed E-state index contributed by atoms with van der Waals surface area (Å²) < 4.78 is 5.21. The average molecular weight is 416 g/mol. The summed E-state index contributed by atoms with van der Waals surface area (Å²) in [6, 6.07) is 6.36. The second kappa shape index (κ2) is 8.13. The van der Waals surface area contributed by atoms with Crippen LogP contribution in [0.4, 0.5) is 16.2 Å². The highest BCUT2D eigenvalue weighted by Crippen LogP contribution is 2.29. The number of hydrogen-bond acceptors (Lipinski definition) is 6. The first-order valence-corrected chi connectivity index (χ1v) is 9.64. The predicted molar refractivity (Wildman–Crippen MR) is 107 cm³/mol. The minimum Gasteiger partial charge on any atom is -0.453 e. The van der Waals surface area contributed by atoms with Crippen LogP contribution < -0.4 is 15.5 Å². The molecule has 1 aromatic rings. The number of nitrogens with zero attached hydrogens (tertiary/aromatic N) is 2. The van der Waals surface area contributed by atoms with Crippen LogP contribution in [0.3, 0.4) is 0 Å². The summed E-state index contributed by atoms with van der Waals surface area (Å²) in [7, 11) is 0. The van der Waals surface area contributed by atoms with E-state index in [1.807, 2.05) is 0 Å². The van der Waals surface area contributed by atoms with Crippen molar-refractivity contribution in [2.75, 3.05) is 23.3 Å². The van der Waals surface area contributed by atoms with Gasteiger partial charge in [-0.2, -0.15) is 0 Å². The number of benzene rings is 1. The molecular weight excluding hydrogens is 392 g/mol. The highest BCUT2D eigenvalue weighted by Gasteiger charge is 2.43. The lowest BCUT2D eigenvalue weighted by Crippen LogP contribution is -2.47. The zero-order valence-electron chi connectivity index (χ0n) is 17.1. The van der Waals surface area contributed by atoms with E-state index in [1.54, 1.807) is 38.1 Å². The third-order valence-corrected chi connectivity index (χ3v) is 4.90. The first-order valence-electron chi connectivity index (χ1n) is 9.64. The zero-order chi connectivity index (χ0) is 22.1. The Kier molecular flexibility index (Phi) is 5.77. The number of esters is 1. The van der Waals surface area contributed by atoms with Crippen LogP contribution in [0.1, 0.15) is 33.6 Å². The van der Waals surface area contributed by atoms with Gasteiger partial charge in [-0.25, -0.2) is 4.79 Å². The van der Waals surface area contributed by atoms with Gasteiger partial charge >= 0.3 is 12.0 Å². The minimum atomic E-state index is -1.09. The number of nitrogens with one attached hydrogen (secondary N) is 2. The van der Waals surface area contributed by atoms with E-state index in [0.717, 1.165) is 4.90 Å². The number of amides is 5. The van der Waals surface area contributed by atoms with Gasteiger partial charge in [-0.05, 0) is 39.3 Å². The van der Waals surface area contributed by atoms with Crippen LogP contribution >= 0.6 is 0 Å². The van der Waals surface area contributed by atoms with Crippen molar-refractivity contribution in [1.82, 2.24) is 10.2 Å². The topological polar surface area (TPSA) is 125 Å². The standard InChI is InChI=1S/C20H24N4O6/c1-12(17(27)24-11-15(25)21-13-7-4-5-8-14(13)24)30-16(26)9-6-10-23-18(28)20(2,3)22-19(23)29/h4-5,7-8,12H,6,9-11H2,1-3H3,(H,21,25)(H,22,29)/t12-/m1/s1. The number of carbonyl (C=O) groups excluding carboxylic acids is 5. The minimum absolute atomic E-state index is 0.0633. The van der Waals surface area contributed by atoms with Crippen LogP contribution in [-0.4, -0.2) is 59.4 Å². The number of hydrogen-bond donors (Lipinski definition) is 2. The second-order valence-electron chi connectivity index (χ2n) is 7.74. The maximum atomic E-state index is 12.7. The molecule has 0 aromatic heterocycles. The highest BCUT2D eigenvalue weighted by atomic mass is 16.5. The number of para-hydroxylation sites is 2. The molecule has 1 fully saturated rings. The van der Waals surface area contributed by atoms with Crippen molar-refractivity contribution in [3.05, 3.63) is 24.3 Å². The van der Waals surface area contributed by atoms with Crippen molar-refractivity contribution < 1.29 is 28.7 Å². The van der Waals surface area contributed by atoms with Gasteiger partial charge in [0.25, 0.3) is 11.8 Å². The fraction of sp³-hybridized carbons (Fsp3) is 0.450. The number of anilines is 2. The Balaban J connectivity index is 1.52. The average Bonchev–Trinajstić information content (AvgIpc) is 2.87. The molecule has 0 radical (unpaired) electrons. The molecule has 0 saturated carbocycles. The van der Waals surface area contributed by atoms with Crippen molar-refractivity contribution >= 4 is 41.1 Å². The summed E-state index contributed by atoms with van der Waals surface area (Å²) >= 11 is 0. The summed E-state index contributed by atoms with van der Waals surface area (Å²) in [5.41, 5.74) is 0.0820.